The number of benzene rings is 1. The molecule has 3 amide bonds. The molecule has 8 nitrogen and oxygen atoms in total. The van der Waals surface area contributed by atoms with Crippen molar-refractivity contribution in [3.63, 3.8) is 0 Å². The van der Waals surface area contributed by atoms with Crippen LogP contribution < -0.4 is 15.1 Å². The number of anilines is 3. The van der Waals surface area contributed by atoms with E-state index >= 15 is 0 Å². The fourth-order valence-electron chi connectivity index (χ4n) is 3.17. The highest BCUT2D eigenvalue weighted by molar-refractivity contribution is 6.07. The van der Waals surface area contributed by atoms with E-state index in [9.17, 15) is 14.4 Å². The smallest absolute Gasteiger partial charge is 0.248 e. The lowest BCUT2D eigenvalue weighted by atomic mass is 9.93. The topological polar surface area (TPSA) is 95.8 Å². The van der Waals surface area contributed by atoms with E-state index in [1.54, 1.807) is 37.4 Å². The van der Waals surface area contributed by atoms with Crippen LogP contribution in [0.5, 0.6) is 0 Å². The van der Waals surface area contributed by atoms with Gasteiger partial charge in [-0.2, -0.15) is 0 Å². The van der Waals surface area contributed by atoms with E-state index in [4.69, 9.17) is 4.52 Å². The number of nitrogens with one attached hydrogen (secondary N) is 1. The summed E-state index contributed by atoms with van der Waals surface area (Å²) in [5.74, 6) is 0.479. The Balaban J connectivity index is 1.77. The molecule has 0 spiro atoms. The van der Waals surface area contributed by atoms with Crippen LogP contribution in [0.1, 0.15) is 46.3 Å². The van der Waals surface area contributed by atoms with Crippen molar-refractivity contribution >= 4 is 34.9 Å². The summed E-state index contributed by atoms with van der Waals surface area (Å²) in [6, 6.07) is 8.06. The van der Waals surface area contributed by atoms with Crippen LogP contribution in [0, 0.1) is 0 Å². The van der Waals surface area contributed by atoms with Gasteiger partial charge in [0.05, 0.1) is 0 Å². The molecular weight excluding hydrogens is 372 g/mol. The second kappa shape index (κ2) is 7.69. The average Bonchev–Trinajstić information content (AvgIpc) is 3.27. The standard InChI is InChI=1S/C21H26N4O4/c1-13(26)24(5)14-6-8-15(9-7-14)25-16(10-11-19(25)27)20(28)22-18-12-17(29-23-18)21(2,3)4/h6-9,12,16H,10-11H2,1-5H3,(H,22,23,28)/t16-/m0/s1. The molecule has 154 valence electrons. The predicted octanol–water partition coefficient (Wildman–Crippen LogP) is 3.09. The summed E-state index contributed by atoms with van der Waals surface area (Å²) < 4.78 is 5.30. The average molecular weight is 398 g/mol. The van der Waals surface area contributed by atoms with Gasteiger partial charge in [-0.25, -0.2) is 0 Å². The molecule has 8 heteroatoms. The Hall–Kier alpha value is -3.16. The van der Waals surface area contributed by atoms with Gasteiger partial charge >= 0.3 is 0 Å². The quantitative estimate of drug-likeness (QED) is 0.854. The van der Waals surface area contributed by atoms with E-state index in [0.29, 0.717) is 35.8 Å². The second-order valence-corrected chi connectivity index (χ2v) is 8.23. The Bertz CT molecular complexity index is 927. The van der Waals surface area contributed by atoms with Crippen molar-refractivity contribution in [1.29, 1.82) is 0 Å². The number of rotatable bonds is 4. The van der Waals surface area contributed by atoms with Gasteiger partial charge in [-0.1, -0.05) is 25.9 Å². The molecule has 0 bridgehead atoms. The highest BCUT2D eigenvalue weighted by atomic mass is 16.5. The normalized spacial score (nSPS) is 16.8. The van der Waals surface area contributed by atoms with Crippen LogP contribution in [0.2, 0.25) is 0 Å². The van der Waals surface area contributed by atoms with Crippen molar-refractivity contribution < 1.29 is 18.9 Å². The number of carbonyl (C=O) groups is 3. The Kier molecular flexibility index (Phi) is 5.46. The van der Waals surface area contributed by atoms with E-state index in [1.165, 1.54) is 16.7 Å². The van der Waals surface area contributed by atoms with Crippen molar-refractivity contribution in [1.82, 2.24) is 5.16 Å². The lowest BCUT2D eigenvalue weighted by Gasteiger charge is -2.24. The summed E-state index contributed by atoms with van der Waals surface area (Å²) in [4.78, 5) is 39.8. The maximum Gasteiger partial charge on any atom is 0.248 e. The Labute approximate surface area is 169 Å². The van der Waals surface area contributed by atoms with Crippen molar-refractivity contribution in [2.75, 3.05) is 22.2 Å². The molecular formula is C21H26N4O4. The largest absolute Gasteiger partial charge is 0.359 e. The first-order chi connectivity index (χ1) is 13.6. The molecule has 1 aliphatic heterocycles. The fourth-order valence-corrected chi connectivity index (χ4v) is 3.17. The first kappa shape index (κ1) is 20.6. The third kappa shape index (κ3) is 4.31. The van der Waals surface area contributed by atoms with Gasteiger partial charge in [-0.05, 0) is 30.7 Å². The summed E-state index contributed by atoms with van der Waals surface area (Å²) in [7, 11) is 1.68. The van der Waals surface area contributed by atoms with Crippen molar-refractivity contribution in [3.8, 4) is 0 Å². The van der Waals surface area contributed by atoms with Gasteiger partial charge in [0.1, 0.15) is 11.8 Å². The highest BCUT2D eigenvalue weighted by Crippen LogP contribution is 2.30. The predicted molar refractivity (Wildman–Crippen MR) is 110 cm³/mol. The Morgan fingerprint density at radius 1 is 1.24 bits per heavy atom. The molecule has 29 heavy (non-hydrogen) atoms. The summed E-state index contributed by atoms with van der Waals surface area (Å²) in [6.45, 7) is 7.45. The molecule has 0 unspecified atom stereocenters. The monoisotopic (exact) mass is 398 g/mol. The minimum Gasteiger partial charge on any atom is -0.359 e. The lowest BCUT2D eigenvalue weighted by molar-refractivity contribution is -0.120. The first-order valence-electron chi connectivity index (χ1n) is 9.52. The van der Waals surface area contributed by atoms with Crippen LogP contribution in [-0.2, 0) is 19.8 Å². The molecule has 1 aromatic carbocycles. The zero-order valence-corrected chi connectivity index (χ0v) is 17.4. The summed E-state index contributed by atoms with van der Waals surface area (Å²) in [5.41, 5.74) is 1.11. The number of hydrogen-bond acceptors (Lipinski definition) is 5. The van der Waals surface area contributed by atoms with Crippen LogP contribution in [0.25, 0.3) is 0 Å². The van der Waals surface area contributed by atoms with E-state index in [0.717, 1.165) is 0 Å². The maximum atomic E-state index is 12.8. The molecule has 1 saturated heterocycles. The maximum absolute atomic E-state index is 12.8. The third-order valence-corrected chi connectivity index (χ3v) is 5.00. The number of hydrogen-bond donors (Lipinski definition) is 1. The van der Waals surface area contributed by atoms with Crippen LogP contribution >= 0.6 is 0 Å². The molecule has 1 fully saturated rings. The van der Waals surface area contributed by atoms with Crippen LogP contribution in [0.3, 0.4) is 0 Å². The SMILES string of the molecule is CC(=O)N(C)c1ccc(N2C(=O)CC[C@H]2C(=O)Nc2cc(C(C)(C)C)on2)cc1. The molecule has 2 heterocycles. The zero-order chi connectivity index (χ0) is 21.3. The Morgan fingerprint density at radius 2 is 1.90 bits per heavy atom. The van der Waals surface area contributed by atoms with Crippen LogP contribution in [0.15, 0.2) is 34.9 Å². The fraction of sp³-hybridized carbons (Fsp3) is 0.429. The minimum atomic E-state index is -0.631. The molecule has 1 atom stereocenters. The van der Waals surface area contributed by atoms with E-state index < -0.39 is 6.04 Å². The van der Waals surface area contributed by atoms with Gasteiger partial charge in [-0.3, -0.25) is 19.3 Å². The van der Waals surface area contributed by atoms with E-state index in [2.05, 4.69) is 10.5 Å². The van der Waals surface area contributed by atoms with Gasteiger partial charge in [0.25, 0.3) is 0 Å². The highest BCUT2D eigenvalue weighted by Gasteiger charge is 2.37. The van der Waals surface area contributed by atoms with Crippen molar-refractivity contribution in [2.45, 2.75) is 52.0 Å². The number of carbonyl (C=O) groups excluding carboxylic acids is 3. The van der Waals surface area contributed by atoms with Gasteiger partial charge in [0.15, 0.2) is 5.82 Å². The van der Waals surface area contributed by atoms with Crippen molar-refractivity contribution in [3.05, 3.63) is 36.1 Å². The lowest BCUT2D eigenvalue weighted by Crippen LogP contribution is -2.41. The van der Waals surface area contributed by atoms with Crippen molar-refractivity contribution in [2.24, 2.45) is 0 Å². The number of aromatic nitrogens is 1. The molecule has 2 aromatic rings. The third-order valence-electron chi connectivity index (χ3n) is 5.00. The molecule has 0 aliphatic carbocycles. The van der Waals surface area contributed by atoms with Crippen LogP contribution in [0.4, 0.5) is 17.2 Å². The Morgan fingerprint density at radius 3 is 2.45 bits per heavy atom. The molecule has 0 saturated carbocycles. The molecule has 1 aromatic heterocycles. The molecule has 3 rings (SSSR count). The molecule has 1 aliphatic rings. The number of nitrogens with zero attached hydrogens (tertiary/aromatic N) is 3. The zero-order valence-electron chi connectivity index (χ0n) is 17.4. The molecule has 1 N–H and O–H groups in total. The minimum absolute atomic E-state index is 0.0884. The van der Waals surface area contributed by atoms with E-state index in [1.807, 2.05) is 20.8 Å². The van der Waals surface area contributed by atoms with Gasteiger partial charge in [0, 0.05) is 43.2 Å². The van der Waals surface area contributed by atoms with Gasteiger partial charge < -0.3 is 14.7 Å². The van der Waals surface area contributed by atoms with Crippen LogP contribution in [-0.4, -0.2) is 36.0 Å². The first-order valence-corrected chi connectivity index (χ1v) is 9.52. The van der Waals surface area contributed by atoms with Gasteiger partial charge in [-0.15, -0.1) is 0 Å². The second-order valence-electron chi connectivity index (χ2n) is 8.23. The summed E-state index contributed by atoms with van der Waals surface area (Å²) in [6.07, 6.45) is 0.711. The van der Waals surface area contributed by atoms with E-state index in [-0.39, 0.29) is 23.1 Å². The number of amides is 3. The summed E-state index contributed by atoms with van der Waals surface area (Å²) in [5, 5.41) is 6.66. The van der Waals surface area contributed by atoms with Gasteiger partial charge in [0.2, 0.25) is 17.7 Å². The summed E-state index contributed by atoms with van der Waals surface area (Å²) >= 11 is 0. The molecule has 0 radical (unpaired) electrons.